The quantitative estimate of drug-likeness (QED) is 0.823. The maximum Gasteiger partial charge on any atom is 0.308 e. The Balaban J connectivity index is 1.60. The molecule has 9 nitrogen and oxygen atoms in total. The van der Waals surface area contributed by atoms with E-state index in [2.05, 4.69) is 10.2 Å². The zero-order valence-electron chi connectivity index (χ0n) is 14.3. The molecule has 1 aliphatic heterocycles. The van der Waals surface area contributed by atoms with Gasteiger partial charge in [-0.2, -0.15) is 5.10 Å². The van der Waals surface area contributed by atoms with E-state index in [9.17, 15) is 14.4 Å². The molecular weight excluding hydrogens is 340 g/mol. The molecule has 1 aliphatic rings. The zero-order valence-corrected chi connectivity index (χ0v) is 14.3. The number of furan rings is 1. The Kier molecular flexibility index (Phi) is 5.06. The van der Waals surface area contributed by atoms with Crippen molar-refractivity contribution in [3.63, 3.8) is 0 Å². The topological polar surface area (TPSA) is 120 Å². The summed E-state index contributed by atoms with van der Waals surface area (Å²) in [5.41, 5.74) is 0.743. The van der Waals surface area contributed by atoms with Crippen molar-refractivity contribution in [2.24, 2.45) is 5.92 Å². The molecule has 1 atom stereocenters. The average molecular weight is 360 g/mol. The third-order valence-corrected chi connectivity index (χ3v) is 4.43. The van der Waals surface area contributed by atoms with E-state index in [1.807, 2.05) is 0 Å². The first-order chi connectivity index (χ1) is 12.5. The van der Waals surface area contributed by atoms with Crippen molar-refractivity contribution in [2.45, 2.75) is 12.8 Å². The molecule has 3 heterocycles. The fourth-order valence-corrected chi connectivity index (χ4v) is 2.96. The summed E-state index contributed by atoms with van der Waals surface area (Å²) in [5, 5.41) is 15.8. The number of piperidine rings is 1. The van der Waals surface area contributed by atoms with E-state index in [1.54, 1.807) is 18.2 Å². The molecule has 138 valence electrons. The van der Waals surface area contributed by atoms with Gasteiger partial charge in [-0.1, -0.05) is 0 Å². The average Bonchev–Trinajstić information content (AvgIpc) is 3.32. The SMILES string of the molecule is CN(CC(=O)N1CCCC(C(=O)O)C1)C(=O)c1cc(-c2ccco2)[nH]n1. The van der Waals surface area contributed by atoms with Gasteiger partial charge in [0, 0.05) is 26.2 Å². The number of likely N-dealkylation sites (tertiary alicyclic amines) is 1. The van der Waals surface area contributed by atoms with Gasteiger partial charge in [0.05, 0.1) is 18.7 Å². The summed E-state index contributed by atoms with van der Waals surface area (Å²) in [4.78, 5) is 38.8. The smallest absolute Gasteiger partial charge is 0.308 e. The van der Waals surface area contributed by atoms with Crippen LogP contribution in [0, 0.1) is 5.92 Å². The van der Waals surface area contributed by atoms with Gasteiger partial charge in [0.2, 0.25) is 5.91 Å². The van der Waals surface area contributed by atoms with E-state index in [0.717, 1.165) is 0 Å². The molecule has 26 heavy (non-hydrogen) atoms. The third-order valence-electron chi connectivity index (χ3n) is 4.43. The van der Waals surface area contributed by atoms with Gasteiger partial charge in [-0.05, 0) is 25.0 Å². The van der Waals surface area contributed by atoms with E-state index in [0.29, 0.717) is 30.8 Å². The lowest BCUT2D eigenvalue weighted by molar-refractivity contribution is -0.145. The Morgan fingerprint density at radius 3 is 2.96 bits per heavy atom. The molecule has 2 amide bonds. The highest BCUT2D eigenvalue weighted by Gasteiger charge is 2.29. The predicted octanol–water partition coefficient (Wildman–Crippen LogP) is 1.06. The molecule has 0 radical (unpaired) electrons. The van der Waals surface area contributed by atoms with Crippen molar-refractivity contribution < 1.29 is 23.9 Å². The number of aliphatic carboxylic acids is 1. The lowest BCUT2D eigenvalue weighted by Crippen LogP contribution is -2.46. The van der Waals surface area contributed by atoms with Crippen molar-refractivity contribution >= 4 is 17.8 Å². The highest BCUT2D eigenvalue weighted by molar-refractivity contribution is 5.95. The number of nitrogens with zero attached hydrogens (tertiary/aromatic N) is 3. The van der Waals surface area contributed by atoms with Gasteiger partial charge in [0.1, 0.15) is 5.69 Å². The number of amides is 2. The zero-order chi connectivity index (χ0) is 18.7. The maximum absolute atomic E-state index is 12.5. The molecule has 0 spiro atoms. The fraction of sp³-hybridized carbons (Fsp3) is 0.412. The highest BCUT2D eigenvalue weighted by Crippen LogP contribution is 2.19. The molecule has 3 rings (SSSR count). The maximum atomic E-state index is 12.5. The molecule has 1 fully saturated rings. The standard InChI is InChI=1S/C17H20N4O5/c1-20(10-15(22)21-6-2-4-11(9-21)17(24)25)16(23)13-8-12(18-19-13)14-5-3-7-26-14/h3,5,7-8,11H,2,4,6,9-10H2,1H3,(H,18,19)(H,24,25). The van der Waals surface area contributed by atoms with Crippen LogP contribution in [0.2, 0.25) is 0 Å². The van der Waals surface area contributed by atoms with Gasteiger partial charge in [-0.25, -0.2) is 0 Å². The number of carbonyl (C=O) groups is 3. The van der Waals surface area contributed by atoms with Gasteiger partial charge in [0.15, 0.2) is 11.5 Å². The van der Waals surface area contributed by atoms with Crippen LogP contribution in [0.15, 0.2) is 28.9 Å². The van der Waals surface area contributed by atoms with E-state index in [1.165, 1.54) is 23.1 Å². The van der Waals surface area contributed by atoms with Crippen molar-refractivity contribution in [2.75, 3.05) is 26.7 Å². The second-order valence-corrected chi connectivity index (χ2v) is 6.32. The Morgan fingerprint density at radius 1 is 1.46 bits per heavy atom. The molecular formula is C17H20N4O5. The first kappa shape index (κ1) is 17.7. The number of rotatable bonds is 5. The van der Waals surface area contributed by atoms with E-state index < -0.39 is 17.8 Å². The van der Waals surface area contributed by atoms with Crippen molar-refractivity contribution in [1.82, 2.24) is 20.0 Å². The Bertz CT molecular complexity index is 798. The van der Waals surface area contributed by atoms with Gasteiger partial charge >= 0.3 is 5.97 Å². The van der Waals surface area contributed by atoms with E-state index >= 15 is 0 Å². The molecule has 0 saturated carbocycles. The number of aromatic amines is 1. The number of aromatic nitrogens is 2. The summed E-state index contributed by atoms with van der Waals surface area (Å²) in [6.45, 7) is 0.561. The third kappa shape index (κ3) is 3.76. The first-order valence-corrected chi connectivity index (χ1v) is 8.31. The van der Waals surface area contributed by atoms with Gasteiger partial charge in [0.25, 0.3) is 5.91 Å². The molecule has 0 aromatic carbocycles. The number of likely N-dealkylation sites (N-methyl/N-ethyl adjacent to an activating group) is 1. The van der Waals surface area contributed by atoms with Crippen LogP contribution in [0.5, 0.6) is 0 Å². The van der Waals surface area contributed by atoms with Gasteiger partial charge in [-0.3, -0.25) is 19.5 Å². The lowest BCUT2D eigenvalue weighted by atomic mass is 9.98. The molecule has 1 saturated heterocycles. The first-order valence-electron chi connectivity index (χ1n) is 8.31. The number of carboxylic acid groups (broad SMARTS) is 1. The number of carbonyl (C=O) groups excluding carboxylic acids is 2. The van der Waals surface area contributed by atoms with Crippen LogP contribution in [-0.4, -0.2) is 69.6 Å². The number of hydrogen-bond acceptors (Lipinski definition) is 5. The predicted molar refractivity (Wildman–Crippen MR) is 90.2 cm³/mol. The van der Waals surface area contributed by atoms with Crippen LogP contribution in [0.3, 0.4) is 0 Å². The summed E-state index contributed by atoms with van der Waals surface area (Å²) in [6, 6.07) is 5.03. The molecule has 2 N–H and O–H groups in total. The van der Waals surface area contributed by atoms with Crippen LogP contribution in [0.4, 0.5) is 0 Å². The van der Waals surface area contributed by atoms with Crippen molar-refractivity contribution in [3.8, 4) is 11.5 Å². The van der Waals surface area contributed by atoms with Crippen molar-refractivity contribution in [1.29, 1.82) is 0 Å². The molecule has 2 aromatic heterocycles. The summed E-state index contributed by atoms with van der Waals surface area (Å²) in [6.07, 6.45) is 2.73. The van der Waals surface area contributed by atoms with Crippen LogP contribution in [0.25, 0.3) is 11.5 Å². The van der Waals surface area contributed by atoms with E-state index in [4.69, 9.17) is 9.52 Å². The number of carboxylic acids is 1. The molecule has 0 bridgehead atoms. The summed E-state index contributed by atoms with van der Waals surface area (Å²) >= 11 is 0. The van der Waals surface area contributed by atoms with Crippen LogP contribution in [0.1, 0.15) is 23.3 Å². The number of H-pyrrole nitrogens is 1. The van der Waals surface area contributed by atoms with Crippen molar-refractivity contribution in [3.05, 3.63) is 30.2 Å². The molecule has 0 aliphatic carbocycles. The summed E-state index contributed by atoms with van der Waals surface area (Å²) in [7, 11) is 1.51. The largest absolute Gasteiger partial charge is 0.481 e. The summed E-state index contributed by atoms with van der Waals surface area (Å²) < 4.78 is 5.24. The van der Waals surface area contributed by atoms with Crippen LogP contribution >= 0.6 is 0 Å². The normalized spacial score (nSPS) is 17.1. The molecule has 9 heteroatoms. The fourth-order valence-electron chi connectivity index (χ4n) is 2.96. The molecule has 1 unspecified atom stereocenters. The second kappa shape index (κ2) is 7.42. The minimum absolute atomic E-state index is 0.131. The Labute approximate surface area is 149 Å². The summed E-state index contributed by atoms with van der Waals surface area (Å²) in [5.74, 6) is -1.55. The minimum Gasteiger partial charge on any atom is -0.481 e. The highest BCUT2D eigenvalue weighted by atomic mass is 16.4. The monoisotopic (exact) mass is 360 g/mol. The van der Waals surface area contributed by atoms with Crippen LogP contribution < -0.4 is 0 Å². The van der Waals surface area contributed by atoms with Crippen LogP contribution in [-0.2, 0) is 9.59 Å². The second-order valence-electron chi connectivity index (χ2n) is 6.32. The van der Waals surface area contributed by atoms with Gasteiger partial charge < -0.3 is 19.3 Å². The lowest BCUT2D eigenvalue weighted by Gasteiger charge is -2.31. The van der Waals surface area contributed by atoms with E-state index in [-0.39, 0.29) is 24.7 Å². The Hall–Kier alpha value is -3.10. The number of hydrogen-bond donors (Lipinski definition) is 2. The number of nitrogens with one attached hydrogen (secondary N) is 1. The van der Waals surface area contributed by atoms with Gasteiger partial charge in [-0.15, -0.1) is 0 Å². The molecule has 2 aromatic rings. The minimum atomic E-state index is -0.895. The Morgan fingerprint density at radius 2 is 2.27 bits per heavy atom.